The molecule has 8 aromatic carbocycles. The lowest BCUT2D eigenvalue weighted by Crippen LogP contribution is -1.95. The van der Waals surface area contributed by atoms with Gasteiger partial charge in [0.15, 0.2) is 0 Å². The predicted molar refractivity (Wildman–Crippen MR) is 207 cm³/mol. The quantitative estimate of drug-likeness (QED) is 0.179. The maximum absolute atomic E-state index is 2.46. The fraction of sp³-hybridized carbons (Fsp3) is 0. The Bertz CT molecular complexity index is 3010. The Morgan fingerprint density at radius 3 is 1.62 bits per heavy atom. The first-order valence-electron chi connectivity index (χ1n) is 16.0. The third-order valence-corrected chi connectivity index (χ3v) is 12.2. The second-order valence-corrected chi connectivity index (χ2v) is 14.6. The van der Waals surface area contributed by atoms with Crippen molar-refractivity contribution in [3.8, 4) is 16.8 Å². The Hall–Kier alpha value is -5.48. The van der Waals surface area contributed by atoms with Crippen LogP contribution in [0.25, 0.3) is 101 Å². The molecule has 0 N–H and O–H groups in total. The van der Waals surface area contributed by atoms with Crippen LogP contribution in [-0.4, -0.2) is 4.57 Å². The molecule has 0 amide bonds. The van der Waals surface area contributed by atoms with Crippen molar-refractivity contribution in [2.24, 2.45) is 0 Å². The largest absolute Gasteiger partial charge is 0.309 e. The molecule has 0 aliphatic rings. The molecule has 0 radical (unpaired) electrons. The number of hydrogen-bond acceptors (Lipinski definition) is 2. The van der Waals surface area contributed by atoms with Gasteiger partial charge < -0.3 is 4.57 Å². The SMILES string of the molecule is c1ccc(-c2ccc3c(ccc4sc5ccc6sc7ccc8c(-n9c%10ccccc%10c%10ccccc%109)cccc8c7c6c5c43)c2)cc1. The molecule has 3 heterocycles. The van der Waals surface area contributed by atoms with Gasteiger partial charge in [-0.2, -0.15) is 0 Å². The molecule has 3 aromatic heterocycles. The van der Waals surface area contributed by atoms with Crippen molar-refractivity contribution in [1.82, 2.24) is 4.57 Å². The van der Waals surface area contributed by atoms with Crippen LogP contribution in [0.5, 0.6) is 0 Å². The number of rotatable bonds is 2. The van der Waals surface area contributed by atoms with Crippen LogP contribution in [0.3, 0.4) is 0 Å². The number of benzene rings is 8. The maximum Gasteiger partial charge on any atom is 0.0541 e. The molecular weight excluding hydrogens is 607 g/mol. The fourth-order valence-corrected chi connectivity index (χ4v) is 10.2. The highest BCUT2D eigenvalue weighted by Crippen LogP contribution is 2.49. The predicted octanol–water partition coefficient (Wildman–Crippen LogP) is 13.5. The number of para-hydroxylation sites is 2. The van der Waals surface area contributed by atoms with E-state index in [0.29, 0.717) is 0 Å². The van der Waals surface area contributed by atoms with Gasteiger partial charge in [0, 0.05) is 56.5 Å². The van der Waals surface area contributed by atoms with Crippen LogP contribution in [0, 0.1) is 0 Å². The Labute approximate surface area is 278 Å². The standard InChI is InChI=1S/C44H25NS2/c1-2-9-26(10-3-1)27-17-19-29-28(25-27)18-21-37-41(29)43-39(46-37)23-24-40-44(43)42-33-13-8-16-36(32(33)20-22-38(42)47-40)45-34-14-6-4-11-30(34)31-12-5-7-15-35(31)45/h1-25H. The van der Waals surface area contributed by atoms with Crippen molar-refractivity contribution in [1.29, 1.82) is 0 Å². The van der Waals surface area contributed by atoms with E-state index in [1.165, 1.54) is 101 Å². The van der Waals surface area contributed by atoms with Gasteiger partial charge in [0.25, 0.3) is 0 Å². The minimum atomic E-state index is 1.22. The highest BCUT2D eigenvalue weighted by Gasteiger charge is 2.19. The molecule has 0 saturated heterocycles. The molecule has 3 heteroatoms. The molecule has 218 valence electrons. The molecule has 0 aliphatic heterocycles. The molecule has 11 aromatic rings. The van der Waals surface area contributed by atoms with E-state index in [1.54, 1.807) is 0 Å². The van der Waals surface area contributed by atoms with E-state index < -0.39 is 0 Å². The summed E-state index contributed by atoms with van der Waals surface area (Å²) in [5, 5.41) is 13.3. The second kappa shape index (κ2) is 9.52. The summed E-state index contributed by atoms with van der Waals surface area (Å²) in [6, 6.07) is 56.2. The molecule has 0 fully saturated rings. The van der Waals surface area contributed by atoms with Gasteiger partial charge in [0.2, 0.25) is 0 Å². The summed E-state index contributed by atoms with van der Waals surface area (Å²) >= 11 is 3.83. The monoisotopic (exact) mass is 631 g/mol. The Kier molecular flexibility index (Phi) is 5.20. The second-order valence-electron chi connectivity index (χ2n) is 12.4. The highest BCUT2D eigenvalue weighted by atomic mass is 32.1. The van der Waals surface area contributed by atoms with Crippen molar-refractivity contribution < 1.29 is 0 Å². The van der Waals surface area contributed by atoms with Crippen LogP contribution in [0.2, 0.25) is 0 Å². The normalized spacial score (nSPS) is 12.3. The number of nitrogens with zero attached hydrogens (tertiary/aromatic N) is 1. The summed E-state index contributed by atoms with van der Waals surface area (Å²) in [4.78, 5) is 0. The van der Waals surface area contributed by atoms with E-state index in [4.69, 9.17) is 0 Å². The first-order valence-corrected chi connectivity index (χ1v) is 17.6. The van der Waals surface area contributed by atoms with Crippen LogP contribution in [0.15, 0.2) is 152 Å². The molecule has 0 unspecified atom stereocenters. The number of aromatic nitrogens is 1. The zero-order chi connectivity index (χ0) is 30.6. The van der Waals surface area contributed by atoms with E-state index in [2.05, 4.69) is 156 Å². The van der Waals surface area contributed by atoms with Crippen molar-refractivity contribution in [3.63, 3.8) is 0 Å². The molecule has 47 heavy (non-hydrogen) atoms. The van der Waals surface area contributed by atoms with Gasteiger partial charge in [-0.1, -0.05) is 103 Å². The summed E-state index contributed by atoms with van der Waals surface area (Å²) in [6.45, 7) is 0. The van der Waals surface area contributed by atoms with E-state index in [1.807, 2.05) is 22.7 Å². The van der Waals surface area contributed by atoms with Crippen molar-refractivity contribution >= 4 is 106 Å². The van der Waals surface area contributed by atoms with Crippen molar-refractivity contribution in [3.05, 3.63) is 152 Å². The molecule has 1 nitrogen and oxygen atoms in total. The van der Waals surface area contributed by atoms with Gasteiger partial charge in [-0.3, -0.25) is 0 Å². The minimum absolute atomic E-state index is 1.22. The molecular formula is C44H25NS2. The zero-order valence-corrected chi connectivity index (χ0v) is 26.8. The van der Waals surface area contributed by atoms with Crippen LogP contribution >= 0.6 is 22.7 Å². The average Bonchev–Trinajstić information content (AvgIpc) is 3.81. The Morgan fingerprint density at radius 1 is 0.340 bits per heavy atom. The Balaban J connectivity index is 1.26. The van der Waals surface area contributed by atoms with E-state index in [9.17, 15) is 0 Å². The number of thiophene rings is 2. The van der Waals surface area contributed by atoms with E-state index >= 15 is 0 Å². The molecule has 11 rings (SSSR count). The fourth-order valence-electron chi connectivity index (χ4n) is 7.97. The summed E-state index contributed by atoms with van der Waals surface area (Å²) < 4.78 is 7.84. The van der Waals surface area contributed by atoms with Crippen LogP contribution in [0.1, 0.15) is 0 Å². The van der Waals surface area contributed by atoms with Crippen molar-refractivity contribution in [2.45, 2.75) is 0 Å². The zero-order valence-electron chi connectivity index (χ0n) is 25.2. The lowest BCUT2D eigenvalue weighted by molar-refractivity contribution is 1.20. The first-order chi connectivity index (χ1) is 23.3. The summed E-state index contributed by atoms with van der Waals surface area (Å²) in [6.07, 6.45) is 0. The van der Waals surface area contributed by atoms with Crippen molar-refractivity contribution in [2.75, 3.05) is 0 Å². The van der Waals surface area contributed by atoms with Crippen LogP contribution < -0.4 is 0 Å². The van der Waals surface area contributed by atoms with Gasteiger partial charge >= 0.3 is 0 Å². The van der Waals surface area contributed by atoms with Gasteiger partial charge in [-0.15, -0.1) is 22.7 Å². The molecule has 0 bridgehead atoms. The lowest BCUT2D eigenvalue weighted by Gasteiger charge is -2.12. The third kappa shape index (κ3) is 3.53. The third-order valence-electron chi connectivity index (χ3n) is 9.98. The van der Waals surface area contributed by atoms with Crippen LogP contribution in [0.4, 0.5) is 0 Å². The topological polar surface area (TPSA) is 4.93 Å². The maximum atomic E-state index is 2.46. The summed E-state index contributed by atoms with van der Waals surface area (Å²) in [5.74, 6) is 0. The Morgan fingerprint density at radius 2 is 0.894 bits per heavy atom. The smallest absolute Gasteiger partial charge is 0.0541 e. The molecule has 0 spiro atoms. The lowest BCUT2D eigenvalue weighted by atomic mass is 9.96. The van der Waals surface area contributed by atoms with Gasteiger partial charge in [-0.25, -0.2) is 0 Å². The van der Waals surface area contributed by atoms with Gasteiger partial charge in [0.1, 0.15) is 0 Å². The summed E-state index contributed by atoms with van der Waals surface area (Å²) in [5.41, 5.74) is 6.21. The van der Waals surface area contributed by atoms with Gasteiger partial charge in [0.05, 0.1) is 16.7 Å². The highest BCUT2D eigenvalue weighted by molar-refractivity contribution is 7.28. The first kappa shape index (κ1) is 25.7. The van der Waals surface area contributed by atoms with Gasteiger partial charge in [-0.05, 0) is 75.8 Å². The minimum Gasteiger partial charge on any atom is -0.309 e. The number of fused-ring (bicyclic) bond motifs is 14. The molecule has 0 aliphatic carbocycles. The van der Waals surface area contributed by atoms with E-state index in [0.717, 1.165) is 0 Å². The average molecular weight is 632 g/mol. The molecule has 0 atom stereocenters. The van der Waals surface area contributed by atoms with Crippen LogP contribution in [-0.2, 0) is 0 Å². The van der Waals surface area contributed by atoms with E-state index in [-0.39, 0.29) is 0 Å². The number of hydrogen-bond donors (Lipinski definition) is 0. The molecule has 0 saturated carbocycles. The summed E-state index contributed by atoms with van der Waals surface area (Å²) in [7, 11) is 0.